The molecule has 0 aliphatic rings. The molecule has 26 heavy (non-hydrogen) atoms. The Morgan fingerprint density at radius 3 is 2.27 bits per heavy atom. The molecule has 0 unspecified atom stereocenters. The maximum Gasteiger partial charge on any atom is 0.223 e. The molecule has 0 fully saturated rings. The van der Waals surface area contributed by atoms with E-state index in [1.807, 2.05) is 12.1 Å². The zero-order valence-electron chi connectivity index (χ0n) is 15.6. The number of nitrogens with zero attached hydrogens (tertiary/aromatic N) is 2. The van der Waals surface area contributed by atoms with Crippen molar-refractivity contribution in [2.24, 2.45) is 0 Å². The molecule has 2 rings (SSSR count). The summed E-state index contributed by atoms with van der Waals surface area (Å²) in [5.41, 5.74) is 4.13. The smallest absolute Gasteiger partial charge is 0.223 e. The first-order valence-corrected chi connectivity index (χ1v) is 9.00. The third-order valence-electron chi connectivity index (χ3n) is 4.43. The molecule has 134 valence electrons. The van der Waals surface area contributed by atoms with Crippen LogP contribution in [0.3, 0.4) is 0 Å². The van der Waals surface area contributed by atoms with E-state index >= 15 is 0 Å². The van der Waals surface area contributed by atoms with Gasteiger partial charge < -0.3 is 4.90 Å². The number of nitriles is 1. The van der Waals surface area contributed by atoms with E-state index < -0.39 is 0 Å². The summed E-state index contributed by atoms with van der Waals surface area (Å²) in [7, 11) is 0. The van der Waals surface area contributed by atoms with Gasteiger partial charge in [0, 0.05) is 19.5 Å². The van der Waals surface area contributed by atoms with Crippen molar-refractivity contribution < 1.29 is 4.79 Å². The van der Waals surface area contributed by atoms with Crippen molar-refractivity contribution in [1.82, 2.24) is 4.90 Å². The molecule has 0 radical (unpaired) electrons. The molecule has 0 saturated heterocycles. The van der Waals surface area contributed by atoms with Gasteiger partial charge in [-0.25, -0.2) is 0 Å². The standard InChI is InChI=1S/C23H26N2O/c1-4-15-25(17-21-7-5-20(16-24)6-8-21)23(26)14-11-19-9-12-22(13-10-19)18(2)3/h4-10,12-13,18H,1,11,14-15,17H2,2-3H3. The Morgan fingerprint density at radius 1 is 1.12 bits per heavy atom. The van der Waals surface area contributed by atoms with Crippen LogP contribution in [0.4, 0.5) is 0 Å². The molecule has 2 aromatic rings. The highest BCUT2D eigenvalue weighted by Crippen LogP contribution is 2.16. The number of amides is 1. The summed E-state index contributed by atoms with van der Waals surface area (Å²) in [4.78, 5) is 14.4. The topological polar surface area (TPSA) is 44.1 Å². The van der Waals surface area contributed by atoms with Crippen LogP contribution in [0.2, 0.25) is 0 Å². The molecule has 0 aliphatic heterocycles. The van der Waals surface area contributed by atoms with E-state index in [9.17, 15) is 4.79 Å². The molecule has 0 spiro atoms. The molecule has 0 bridgehead atoms. The van der Waals surface area contributed by atoms with Crippen LogP contribution in [0.1, 0.15) is 48.4 Å². The minimum absolute atomic E-state index is 0.113. The van der Waals surface area contributed by atoms with Crippen LogP contribution in [-0.2, 0) is 17.8 Å². The fourth-order valence-corrected chi connectivity index (χ4v) is 2.79. The van der Waals surface area contributed by atoms with Gasteiger partial charge in [-0.05, 0) is 41.2 Å². The number of hydrogen-bond acceptors (Lipinski definition) is 2. The van der Waals surface area contributed by atoms with E-state index in [1.165, 1.54) is 11.1 Å². The lowest BCUT2D eigenvalue weighted by atomic mass is 10.00. The number of hydrogen-bond donors (Lipinski definition) is 0. The predicted molar refractivity (Wildman–Crippen MR) is 106 cm³/mol. The third-order valence-corrected chi connectivity index (χ3v) is 4.43. The zero-order valence-corrected chi connectivity index (χ0v) is 15.6. The Labute approximate surface area is 156 Å². The zero-order chi connectivity index (χ0) is 18.9. The molecule has 1 amide bonds. The number of carbonyl (C=O) groups is 1. The highest BCUT2D eigenvalue weighted by Gasteiger charge is 2.13. The van der Waals surface area contributed by atoms with Crippen molar-refractivity contribution in [2.75, 3.05) is 6.54 Å². The van der Waals surface area contributed by atoms with E-state index in [-0.39, 0.29) is 5.91 Å². The highest BCUT2D eigenvalue weighted by molar-refractivity contribution is 5.76. The van der Waals surface area contributed by atoms with Crippen LogP contribution < -0.4 is 0 Å². The van der Waals surface area contributed by atoms with E-state index in [4.69, 9.17) is 5.26 Å². The normalized spacial score (nSPS) is 10.4. The lowest BCUT2D eigenvalue weighted by Gasteiger charge is -2.21. The van der Waals surface area contributed by atoms with Gasteiger partial charge in [0.1, 0.15) is 0 Å². The maximum absolute atomic E-state index is 12.6. The summed E-state index contributed by atoms with van der Waals surface area (Å²) < 4.78 is 0. The van der Waals surface area contributed by atoms with Gasteiger partial charge in [-0.1, -0.05) is 56.3 Å². The minimum atomic E-state index is 0.113. The van der Waals surface area contributed by atoms with Crippen molar-refractivity contribution in [1.29, 1.82) is 5.26 Å². The summed E-state index contributed by atoms with van der Waals surface area (Å²) >= 11 is 0. The summed E-state index contributed by atoms with van der Waals surface area (Å²) in [5.74, 6) is 0.628. The van der Waals surface area contributed by atoms with E-state index in [2.05, 4.69) is 50.8 Å². The largest absolute Gasteiger partial charge is 0.335 e. The molecule has 0 aliphatic carbocycles. The summed E-state index contributed by atoms with van der Waals surface area (Å²) in [5, 5.41) is 8.88. The van der Waals surface area contributed by atoms with Gasteiger partial charge in [0.15, 0.2) is 0 Å². The van der Waals surface area contributed by atoms with Gasteiger partial charge >= 0.3 is 0 Å². The van der Waals surface area contributed by atoms with Gasteiger partial charge in [-0.15, -0.1) is 6.58 Å². The lowest BCUT2D eigenvalue weighted by molar-refractivity contribution is -0.131. The molecule has 2 aromatic carbocycles. The van der Waals surface area contributed by atoms with Gasteiger partial charge in [0.2, 0.25) is 5.91 Å². The van der Waals surface area contributed by atoms with E-state index in [0.29, 0.717) is 31.0 Å². The number of aryl methyl sites for hydroxylation is 1. The molecule has 0 atom stereocenters. The summed E-state index contributed by atoms with van der Waals surface area (Å²) in [6.45, 7) is 9.16. The van der Waals surface area contributed by atoms with E-state index in [1.54, 1.807) is 23.1 Å². The second kappa shape index (κ2) is 9.58. The van der Waals surface area contributed by atoms with Crippen LogP contribution in [0.25, 0.3) is 0 Å². The Kier molecular flexibility index (Phi) is 7.17. The molecule has 3 heteroatoms. The lowest BCUT2D eigenvalue weighted by Crippen LogP contribution is -2.30. The molecule has 0 saturated carbocycles. The van der Waals surface area contributed by atoms with Crippen molar-refractivity contribution >= 4 is 5.91 Å². The quantitative estimate of drug-likeness (QED) is 0.643. The number of benzene rings is 2. The Balaban J connectivity index is 1.96. The van der Waals surface area contributed by atoms with Crippen molar-refractivity contribution in [3.05, 3.63) is 83.4 Å². The van der Waals surface area contributed by atoms with E-state index in [0.717, 1.165) is 12.0 Å². The van der Waals surface area contributed by atoms with Gasteiger partial charge in [-0.3, -0.25) is 4.79 Å². The van der Waals surface area contributed by atoms with Gasteiger partial charge in [-0.2, -0.15) is 5.26 Å². The first-order chi connectivity index (χ1) is 12.5. The van der Waals surface area contributed by atoms with Crippen molar-refractivity contribution in [3.8, 4) is 6.07 Å². The minimum Gasteiger partial charge on any atom is -0.335 e. The van der Waals surface area contributed by atoms with Crippen LogP contribution in [-0.4, -0.2) is 17.4 Å². The third kappa shape index (κ3) is 5.60. The Morgan fingerprint density at radius 2 is 1.73 bits per heavy atom. The molecular formula is C23H26N2O. The molecule has 0 heterocycles. The molecular weight excluding hydrogens is 320 g/mol. The van der Waals surface area contributed by atoms with Crippen LogP contribution in [0.5, 0.6) is 0 Å². The highest BCUT2D eigenvalue weighted by atomic mass is 16.2. The fraction of sp³-hybridized carbons (Fsp3) is 0.304. The van der Waals surface area contributed by atoms with Gasteiger partial charge in [0.05, 0.1) is 11.6 Å². The Bertz CT molecular complexity index is 767. The number of carbonyl (C=O) groups excluding carboxylic acids is 1. The SMILES string of the molecule is C=CCN(Cc1ccc(C#N)cc1)C(=O)CCc1ccc(C(C)C)cc1. The van der Waals surface area contributed by atoms with Crippen LogP contribution in [0, 0.1) is 11.3 Å². The van der Waals surface area contributed by atoms with Gasteiger partial charge in [0.25, 0.3) is 0 Å². The second-order valence-corrected chi connectivity index (χ2v) is 6.77. The fourth-order valence-electron chi connectivity index (χ4n) is 2.79. The maximum atomic E-state index is 12.6. The van der Waals surface area contributed by atoms with Crippen LogP contribution in [0.15, 0.2) is 61.2 Å². The van der Waals surface area contributed by atoms with Crippen molar-refractivity contribution in [3.63, 3.8) is 0 Å². The van der Waals surface area contributed by atoms with Crippen LogP contribution >= 0.6 is 0 Å². The first-order valence-electron chi connectivity index (χ1n) is 9.00. The monoisotopic (exact) mass is 346 g/mol. The Hall–Kier alpha value is -2.86. The predicted octanol–water partition coefficient (Wildman–Crippen LogP) is 4.83. The second-order valence-electron chi connectivity index (χ2n) is 6.77. The molecule has 0 aromatic heterocycles. The summed E-state index contributed by atoms with van der Waals surface area (Å²) in [6, 6.07) is 18.0. The molecule has 3 nitrogen and oxygen atoms in total. The molecule has 0 N–H and O–H groups in total. The first kappa shape index (κ1) is 19.5. The average Bonchev–Trinajstić information content (AvgIpc) is 2.66. The average molecular weight is 346 g/mol. The number of rotatable bonds is 8. The summed E-state index contributed by atoms with van der Waals surface area (Å²) in [6.07, 6.45) is 2.96. The van der Waals surface area contributed by atoms with Crippen molar-refractivity contribution in [2.45, 2.75) is 39.2 Å².